The molecule has 8 bridgehead atoms. The predicted molar refractivity (Wildman–Crippen MR) is 163 cm³/mol. The van der Waals surface area contributed by atoms with Crippen LogP contribution in [0.25, 0.3) is 0 Å². The largest absolute Gasteiger partial charge is 0.316 e. The number of fused-ring (bicyclic) bond motifs is 8. The molecule has 3 heterocycles. The first kappa shape index (κ1) is 25.8. The lowest BCUT2D eigenvalue weighted by Crippen LogP contribution is -2.38. The smallest absolute Gasteiger partial charge is 0.0323 e. The lowest BCUT2D eigenvalue weighted by Gasteiger charge is -2.39. The Morgan fingerprint density at radius 2 is 0.897 bits per heavy atom. The van der Waals surface area contributed by atoms with Crippen molar-refractivity contribution < 1.29 is 0 Å². The van der Waals surface area contributed by atoms with Crippen molar-refractivity contribution in [2.75, 3.05) is 19.6 Å². The van der Waals surface area contributed by atoms with Crippen LogP contribution in [0.1, 0.15) is 110 Å². The van der Waals surface area contributed by atoms with E-state index in [1.165, 1.54) is 83.8 Å². The molecule has 0 spiro atoms. The minimum Gasteiger partial charge on any atom is -0.316 e. The summed E-state index contributed by atoms with van der Waals surface area (Å²) in [5.41, 5.74) is 6.49. The Labute approximate surface area is 236 Å². The van der Waals surface area contributed by atoms with E-state index in [0.717, 1.165) is 41.4 Å². The summed E-state index contributed by atoms with van der Waals surface area (Å²) in [5.74, 6) is 6.33. The first-order chi connectivity index (χ1) is 19.3. The van der Waals surface area contributed by atoms with Crippen LogP contribution in [0.4, 0.5) is 0 Å². The zero-order valence-electron chi connectivity index (χ0n) is 23.7. The van der Waals surface area contributed by atoms with E-state index in [1.807, 2.05) is 0 Å². The fourth-order valence-electron chi connectivity index (χ4n) is 8.89. The van der Waals surface area contributed by atoms with Gasteiger partial charge in [-0.3, -0.25) is 0 Å². The van der Waals surface area contributed by atoms with E-state index in [2.05, 4.69) is 83.5 Å². The van der Waals surface area contributed by atoms with Crippen molar-refractivity contribution in [1.82, 2.24) is 10.6 Å². The molecule has 0 amide bonds. The van der Waals surface area contributed by atoms with Crippen LogP contribution in [0.2, 0.25) is 0 Å². The maximum atomic E-state index is 3.57. The molecule has 12 rings (SSSR count). The second-order valence-electron chi connectivity index (χ2n) is 13.6. The summed E-state index contributed by atoms with van der Waals surface area (Å²) in [4.78, 5) is 0. The molecule has 2 aromatic rings. The Morgan fingerprint density at radius 3 is 1.31 bits per heavy atom. The number of piperidine rings is 2. The monoisotopic (exact) mass is 520 g/mol. The molecule has 6 atom stereocenters. The maximum absolute atomic E-state index is 3.57. The van der Waals surface area contributed by atoms with E-state index in [4.69, 9.17) is 0 Å². The number of hydrogen-bond donors (Lipinski definition) is 2. The highest BCUT2D eigenvalue weighted by Crippen LogP contribution is 2.49. The summed E-state index contributed by atoms with van der Waals surface area (Å²) in [5, 5.41) is 6.96. The molecule has 39 heavy (non-hydrogen) atoms. The second kappa shape index (κ2) is 11.8. The van der Waals surface area contributed by atoms with Crippen LogP contribution in [-0.4, -0.2) is 19.6 Å². The third-order valence-corrected chi connectivity index (χ3v) is 11.1. The first-order valence-corrected chi connectivity index (χ1v) is 16.3. The third-order valence-electron chi connectivity index (χ3n) is 11.1. The number of rotatable bonds is 0. The summed E-state index contributed by atoms with van der Waals surface area (Å²) in [6.45, 7) is 3.63. The van der Waals surface area contributed by atoms with Crippen molar-refractivity contribution >= 4 is 0 Å². The first-order valence-electron chi connectivity index (χ1n) is 16.3. The molecule has 7 aliphatic carbocycles. The van der Waals surface area contributed by atoms with E-state index < -0.39 is 0 Å². The molecular weight excluding hydrogens is 472 g/mol. The van der Waals surface area contributed by atoms with E-state index in [-0.39, 0.29) is 0 Å². The van der Waals surface area contributed by atoms with Crippen LogP contribution in [0.3, 0.4) is 0 Å². The Bertz CT molecular complexity index is 1010. The van der Waals surface area contributed by atoms with Gasteiger partial charge in [0.1, 0.15) is 0 Å². The Hall–Kier alpha value is -2.16. The number of allylic oxidation sites excluding steroid dienone is 2. The lowest BCUT2D eigenvalue weighted by atomic mass is 9.67. The van der Waals surface area contributed by atoms with Gasteiger partial charge in [-0.2, -0.15) is 0 Å². The highest BCUT2D eigenvalue weighted by Gasteiger charge is 2.32. The molecule has 206 valence electrons. The van der Waals surface area contributed by atoms with Crippen molar-refractivity contribution in [2.45, 2.75) is 88.0 Å². The molecule has 2 nitrogen and oxygen atoms in total. The average molecular weight is 521 g/mol. The quantitative estimate of drug-likeness (QED) is 0.341. The summed E-state index contributed by atoms with van der Waals surface area (Å²) >= 11 is 0. The van der Waals surface area contributed by atoms with Crippen LogP contribution >= 0.6 is 0 Å². The van der Waals surface area contributed by atoms with E-state index >= 15 is 0 Å². The fourth-order valence-corrected chi connectivity index (χ4v) is 8.89. The molecule has 2 aromatic carbocycles. The molecule has 10 aliphatic rings. The van der Waals surface area contributed by atoms with Gasteiger partial charge in [0.2, 0.25) is 0 Å². The van der Waals surface area contributed by atoms with Gasteiger partial charge >= 0.3 is 0 Å². The predicted octanol–water partition coefficient (Wildman–Crippen LogP) is 8.40. The van der Waals surface area contributed by atoms with Crippen molar-refractivity contribution in [3.63, 3.8) is 0 Å². The number of nitrogens with one attached hydrogen (secondary N) is 2. The molecule has 4 fully saturated rings. The van der Waals surface area contributed by atoms with Gasteiger partial charge < -0.3 is 10.6 Å². The molecule has 2 saturated heterocycles. The average Bonchev–Trinajstić information content (AvgIpc) is 3.78. The summed E-state index contributed by atoms with van der Waals surface area (Å²) in [6, 6.07) is 18.6. The molecule has 2 heteroatoms. The highest BCUT2D eigenvalue weighted by atomic mass is 14.9. The van der Waals surface area contributed by atoms with Crippen molar-refractivity contribution in [3.05, 3.63) is 95.1 Å². The van der Waals surface area contributed by atoms with Crippen LogP contribution in [0.5, 0.6) is 0 Å². The van der Waals surface area contributed by atoms with Crippen LogP contribution in [0.15, 0.2) is 72.8 Å². The Kier molecular flexibility index (Phi) is 7.77. The van der Waals surface area contributed by atoms with Gasteiger partial charge in [-0.15, -0.1) is 0 Å². The van der Waals surface area contributed by atoms with Gasteiger partial charge in [0.05, 0.1) is 0 Å². The van der Waals surface area contributed by atoms with Crippen molar-refractivity contribution in [2.24, 2.45) is 23.7 Å². The number of hydrogen-bond acceptors (Lipinski definition) is 2. The van der Waals surface area contributed by atoms with Gasteiger partial charge in [0, 0.05) is 25.7 Å². The third kappa shape index (κ3) is 5.70. The lowest BCUT2D eigenvalue weighted by molar-refractivity contribution is 0.338. The Balaban J connectivity index is 0.0000000887. The van der Waals surface area contributed by atoms with E-state index in [0.29, 0.717) is 6.04 Å². The van der Waals surface area contributed by atoms with E-state index in [9.17, 15) is 0 Å². The molecule has 2 N–H and O–H groups in total. The zero-order valence-corrected chi connectivity index (χ0v) is 23.7. The topological polar surface area (TPSA) is 24.1 Å². The van der Waals surface area contributed by atoms with E-state index in [1.54, 1.807) is 22.3 Å². The molecule has 0 aromatic heterocycles. The van der Waals surface area contributed by atoms with Gasteiger partial charge in [-0.1, -0.05) is 72.8 Å². The van der Waals surface area contributed by atoms with Gasteiger partial charge in [-0.05, 0) is 128 Å². The molecular formula is C37H48N2. The molecule has 0 radical (unpaired) electrons. The summed E-state index contributed by atoms with van der Waals surface area (Å²) in [7, 11) is 0. The van der Waals surface area contributed by atoms with Crippen LogP contribution in [-0.2, 0) is 0 Å². The molecule has 3 aliphatic heterocycles. The van der Waals surface area contributed by atoms with Crippen LogP contribution in [0, 0.1) is 23.7 Å². The fraction of sp³-hybridized carbons (Fsp3) is 0.568. The molecule has 2 saturated carbocycles. The van der Waals surface area contributed by atoms with Crippen LogP contribution < -0.4 is 10.6 Å². The van der Waals surface area contributed by atoms with Crippen molar-refractivity contribution in [1.29, 1.82) is 0 Å². The zero-order chi connectivity index (χ0) is 26.0. The summed E-state index contributed by atoms with van der Waals surface area (Å²) < 4.78 is 0. The normalized spacial score (nSPS) is 36.5. The van der Waals surface area contributed by atoms with Gasteiger partial charge in [0.25, 0.3) is 0 Å². The maximum Gasteiger partial charge on any atom is 0.0323 e. The number of benzene rings is 2. The minimum atomic E-state index is 0.659. The van der Waals surface area contributed by atoms with Gasteiger partial charge in [0.15, 0.2) is 0 Å². The molecule has 6 unspecified atom stereocenters. The highest BCUT2D eigenvalue weighted by molar-refractivity contribution is 5.38. The Morgan fingerprint density at radius 1 is 0.436 bits per heavy atom. The summed E-state index contributed by atoms with van der Waals surface area (Å²) in [6.07, 6.45) is 23.8. The second-order valence-corrected chi connectivity index (χ2v) is 13.6. The van der Waals surface area contributed by atoms with Crippen molar-refractivity contribution in [3.8, 4) is 0 Å². The van der Waals surface area contributed by atoms with Gasteiger partial charge in [-0.25, -0.2) is 0 Å². The SMILES string of the molecule is C1=CC2CCC1C2.C1=CC2CNCC1C2.c1ccc2c(c1)C1CCC2CC1.c1ccc2c(c1)C1CCC2NC1. The standard InChI is InChI=1S/C12H14.C11H13N.C7H11N.C7H10/c1-2-4-12-10-7-5-9(6-8-10)11(12)3-1;1-2-4-10-9(3-1)8-5-6-11(10)12-7-8;1-2-7-3-6(1)4-8-5-7;1-2-7-4-3-6(1)5-7/h1-4,9-10H,5-8H2;1-4,8,11-12H,5-7H2;1-2,6-8H,3-5H2;1-2,6-7H,3-5H2. The minimum absolute atomic E-state index is 0.659.